The lowest BCUT2D eigenvalue weighted by atomic mass is 9.97. The summed E-state index contributed by atoms with van der Waals surface area (Å²) in [6.07, 6.45) is 3.66. The average Bonchev–Trinajstić information content (AvgIpc) is 3.07. The van der Waals surface area contributed by atoms with E-state index in [1.165, 1.54) is 0 Å². The second-order valence-electron chi connectivity index (χ2n) is 16.0. The second-order valence-corrected chi connectivity index (χ2v) is 27.2. The van der Waals surface area contributed by atoms with Crippen molar-refractivity contribution in [3.63, 3.8) is 0 Å². The van der Waals surface area contributed by atoms with Crippen molar-refractivity contribution in [3.05, 3.63) is 72.1 Å². The van der Waals surface area contributed by atoms with E-state index in [2.05, 4.69) is 142 Å². The summed E-state index contributed by atoms with van der Waals surface area (Å²) in [7, 11) is -4.12. The zero-order chi connectivity index (χ0) is 36.1. The van der Waals surface area contributed by atoms with Crippen molar-refractivity contribution in [1.82, 2.24) is 19.9 Å². The van der Waals surface area contributed by atoms with E-state index in [1.807, 2.05) is 24.5 Å². The summed E-state index contributed by atoms with van der Waals surface area (Å²) in [4.78, 5) is 20.7. The molecule has 3 aromatic carbocycles. The van der Waals surface area contributed by atoms with E-state index in [0.717, 1.165) is 65.8 Å². The Bertz CT molecular complexity index is 2170. The highest BCUT2D eigenvalue weighted by molar-refractivity contribution is 6.91. The average molecular weight is 693 g/mol. The maximum absolute atomic E-state index is 5.58. The molecular weight excluding hydrogens is 641 g/mol. The SMILES string of the molecule is CC(C)[Si](C#Cc1c2ccccc2c(C#C[Si](C(C)C)(C(C)C)C(C)C)c2nc3c4cccnc4c4ncccc4c3nc12)(C(C)C)C(C)C. The third-order valence-corrected chi connectivity index (χ3v) is 24.3. The van der Waals surface area contributed by atoms with E-state index in [9.17, 15) is 0 Å². The molecule has 0 radical (unpaired) electrons. The quantitative estimate of drug-likeness (QED) is 0.0754. The summed E-state index contributed by atoms with van der Waals surface area (Å²) in [6, 6.07) is 16.8. The smallest absolute Gasteiger partial charge is 0.146 e. The molecular formula is C44H52N4Si2. The van der Waals surface area contributed by atoms with E-state index >= 15 is 0 Å². The summed E-state index contributed by atoms with van der Waals surface area (Å²) in [5.74, 6) is 7.72. The molecule has 0 fully saturated rings. The van der Waals surface area contributed by atoms with Gasteiger partial charge in [-0.3, -0.25) is 9.97 Å². The van der Waals surface area contributed by atoms with Crippen LogP contribution >= 0.6 is 0 Å². The van der Waals surface area contributed by atoms with E-state index in [-0.39, 0.29) is 0 Å². The first-order valence-electron chi connectivity index (χ1n) is 18.5. The van der Waals surface area contributed by atoms with Crippen LogP contribution in [-0.4, -0.2) is 36.1 Å². The number of rotatable bonds is 6. The predicted molar refractivity (Wildman–Crippen MR) is 221 cm³/mol. The zero-order valence-corrected chi connectivity index (χ0v) is 34.0. The largest absolute Gasteiger partial charge is 0.254 e. The van der Waals surface area contributed by atoms with Crippen LogP contribution in [-0.2, 0) is 0 Å². The van der Waals surface area contributed by atoms with Crippen molar-refractivity contribution in [2.75, 3.05) is 0 Å². The molecule has 0 saturated carbocycles. The molecule has 6 rings (SSSR count). The molecule has 0 amide bonds. The maximum atomic E-state index is 5.58. The fraction of sp³-hybridized carbons (Fsp3) is 0.409. The zero-order valence-electron chi connectivity index (χ0n) is 32.0. The summed E-state index contributed by atoms with van der Waals surface area (Å²) in [6.45, 7) is 28.4. The first kappa shape index (κ1) is 35.7. The Hall–Kier alpha value is -4.11. The van der Waals surface area contributed by atoms with Crippen molar-refractivity contribution >= 4 is 70.8 Å². The van der Waals surface area contributed by atoms with Gasteiger partial charge >= 0.3 is 0 Å². The Balaban J connectivity index is 1.86. The lowest BCUT2D eigenvalue weighted by molar-refractivity contribution is 0.838. The molecule has 0 atom stereocenters. The molecule has 50 heavy (non-hydrogen) atoms. The Morgan fingerprint density at radius 2 is 0.720 bits per heavy atom. The first-order valence-corrected chi connectivity index (χ1v) is 23.0. The van der Waals surface area contributed by atoms with Gasteiger partial charge in [0.1, 0.15) is 27.2 Å². The fourth-order valence-electron chi connectivity index (χ4n) is 9.36. The van der Waals surface area contributed by atoms with Crippen LogP contribution in [0.15, 0.2) is 60.9 Å². The van der Waals surface area contributed by atoms with E-state index < -0.39 is 16.1 Å². The molecule has 6 heteroatoms. The van der Waals surface area contributed by atoms with Crippen molar-refractivity contribution in [3.8, 4) is 22.9 Å². The highest BCUT2D eigenvalue weighted by Crippen LogP contribution is 2.43. The first-order chi connectivity index (χ1) is 23.8. The van der Waals surface area contributed by atoms with Crippen LogP contribution in [0.3, 0.4) is 0 Å². The third kappa shape index (κ3) is 5.53. The molecule has 6 aromatic rings. The molecule has 4 nitrogen and oxygen atoms in total. The standard InChI is InChI=1S/C44H52N4Si2/c1-27(2)49(28(3)4,29(5)6)25-21-35-33-17-13-14-18-34(33)36(22-26-50(30(7)8,31(9)10)32(11)12)42-41(35)47-43-37-19-15-23-45-39(37)40-38(44(43)48-42)20-16-24-46-40/h13-20,23-24,27-32H,1-12H3. The molecule has 0 saturated heterocycles. The van der Waals surface area contributed by atoms with Crippen molar-refractivity contribution in [1.29, 1.82) is 0 Å². The minimum absolute atomic E-state index is 0.514. The molecule has 3 aromatic heterocycles. The van der Waals surface area contributed by atoms with Crippen molar-refractivity contribution in [2.24, 2.45) is 0 Å². The van der Waals surface area contributed by atoms with Gasteiger partial charge in [-0.25, -0.2) is 9.97 Å². The molecule has 0 aliphatic rings. The summed E-state index contributed by atoms with van der Waals surface area (Å²) < 4.78 is 0. The van der Waals surface area contributed by atoms with E-state index in [4.69, 9.17) is 19.9 Å². The highest BCUT2D eigenvalue weighted by atomic mass is 28.3. The molecule has 256 valence electrons. The van der Waals surface area contributed by atoms with Crippen LogP contribution in [0.5, 0.6) is 0 Å². The molecule has 0 bridgehead atoms. The third-order valence-electron chi connectivity index (χ3n) is 11.7. The second kappa shape index (κ2) is 13.6. The number of hydrogen-bond acceptors (Lipinski definition) is 4. The number of benzene rings is 3. The van der Waals surface area contributed by atoms with Gasteiger partial charge in [0.2, 0.25) is 0 Å². The van der Waals surface area contributed by atoms with E-state index in [0.29, 0.717) is 33.2 Å². The number of fused-ring (bicyclic) bond motifs is 8. The molecule has 0 aliphatic carbocycles. The van der Waals surface area contributed by atoms with Crippen LogP contribution in [0.4, 0.5) is 0 Å². The normalized spacial score (nSPS) is 12.8. The van der Waals surface area contributed by atoms with Gasteiger partial charge < -0.3 is 0 Å². The van der Waals surface area contributed by atoms with Crippen LogP contribution in [0.25, 0.3) is 54.6 Å². The highest BCUT2D eigenvalue weighted by Gasteiger charge is 2.43. The fourth-order valence-corrected chi connectivity index (χ4v) is 19.8. The lowest BCUT2D eigenvalue weighted by Crippen LogP contribution is -2.43. The molecule has 0 spiro atoms. The molecule has 0 N–H and O–H groups in total. The van der Waals surface area contributed by atoms with Crippen LogP contribution in [0, 0.1) is 22.9 Å². The maximum Gasteiger partial charge on any atom is 0.146 e. The minimum atomic E-state index is -2.06. The van der Waals surface area contributed by atoms with Gasteiger partial charge in [0.05, 0.1) is 33.2 Å². The van der Waals surface area contributed by atoms with Crippen LogP contribution in [0.2, 0.25) is 33.2 Å². The van der Waals surface area contributed by atoms with Crippen molar-refractivity contribution in [2.45, 2.75) is 116 Å². The Morgan fingerprint density at radius 1 is 0.400 bits per heavy atom. The van der Waals surface area contributed by atoms with Gasteiger partial charge in [-0.2, -0.15) is 0 Å². The Morgan fingerprint density at radius 3 is 1.04 bits per heavy atom. The van der Waals surface area contributed by atoms with Gasteiger partial charge in [-0.05, 0) is 57.5 Å². The minimum Gasteiger partial charge on any atom is -0.254 e. The van der Waals surface area contributed by atoms with Gasteiger partial charge in [-0.15, -0.1) is 11.1 Å². The summed E-state index contributed by atoms with van der Waals surface area (Å²) in [5, 5.41) is 4.09. The molecule has 3 heterocycles. The lowest BCUT2D eigenvalue weighted by Gasteiger charge is -2.38. The number of pyridine rings is 2. The van der Waals surface area contributed by atoms with Crippen LogP contribution < -0.4 is 0 Å². The molecule has 0 unspecified atom stereocenters. The monoisotopic (exact) mass is 692 g/mol. The summed E-state index contributed by atoms with van der Waals surface area (Å²) >= 11 is 0. The summed E-state index contributed by atoms with van der Waals surface area (Å²) in [5.41, 5.74) is 18.1. The number of nitrogens with zero attached hydrogens (tertiary/aromatic N) is 4. The van der Waals surface area contributed by atoms with Crippen LogP contribution in [0.1, 0.15) is 94.2 Å². The van der Waals surface area contributed by atoms with E-state index in [1.54, 1.807) is 0 Å². The number of aromatic nitrogens is 4. The van der Waals surface area contributed by atoms with Gasteiger partial charge in [0.25, 0.3) is 0 Å². The molecule has 0 aliphatic heterocycles. The van der Waals surface area contributed by atoms with Crippen molar-refractivity contribution < 1.29 is 0 Å². The van der Waals surface area contributed by atoms with Gasteiger partial charge in [-0.1, -0.05) is 119 Å². The topological polar surface area (TPSA) is 51.6 Å². The Labute approximate surface area is 301 Å². The van der Waals surface area contributed by atoms with Gasteiger partial charge in [0, 0.05) is 33.9 Å². The van der Waals surface area contributed by atoms with Gasteiger partial charge in [0.15, 0.2) is 0 Å². The predicted octanol–water partition coefficient (Wildman–Crippen LogP) is 12.2. The number of hydrogen-bond donors (Lipinski definition) is 0. The Kier molecular flexibility index (Phi) is 9.68.